The molecule has 0 atom stereocenters. The van der Waals surface area contributed by atoms with E-state index in [0.717, 1.165) is 37.0 Å². The van der Waals surface area contributed by atoms with E-state index in [4.69, 9.17) is 4.74 Å². The molecule has 0 aromatic carbocycles. The van der Waals surface area contributed by atoms with Crippen molar-refractivity contribution in [3.05, 3.63) is 0 Å². The monoisotopic (exact) mass is 365 g/mol. The zero-order valence-electron chi connectivity index (χ0n) is 15.1. The summed E-state index contributed by atoms with van der Waals surface area (Å²) in [7, 11) is 1.37. The lowest BCUT2D eigenvalue weighted by molar-refractivity contribution is -0.148. The molecule has 0 aliphatic heterocycles. The SMILES string of the molecule is CNC(=O)NC(=O)COC(=O)CNC(=O)CC12CC3CC(CC(C3)C1)C2. The summed E-state index contributed by atoms with van der Waals surface area (Å²) in [5.41, 5.74) is 0.121. The molecule has 0 spiro atoms. The van der Waals surface area contributed by atoms with Crippen LogP contribution >= 0.6 is 0 Å². The van der Waals surface area contributed by atoms with Gasteiger partial charge in [0.1, 0.15) is 6.54 Å². The van der Waals surface area contributed by atoms with Crippen LogP contribution < -0.4 is 16.0 Å². The molecule has 0 saturated heterocycles. The second kappa shape index (κ2) is 7.63. The predicted molar refractivity (Wildman–Crippen MR) is 91.8 cm³/mol. The summed E-state index contributed by atoms with van der Waals surface area (Å²) in [5, 5.41) is 6.81. The smallest absolute Gasteiger partial charge is 0.325 e. The number of urea groups is 1. The summed E-state index contributed by atoms with van der Waals surface area (Å²) >= 11 is 0. The minimum Gasteiger partial charge on any atom is -0.454 e. The molecule has 0 aromatic heterocycles. The van der Waals surface area contributed by atoms with Gasteiger partial charge in [-0.05, 0) is 61.7 Å². The van der Waals surface area contributed by atoms with E-state index in [-0.39, 0.29) is 17.9 Å². The van der Waals surface area contributed by atoms with Crippen LogP contribution in [-0.2, 0) is 19.1 Å². The predicted octanol–water partition coefficient (Wildman–Crippen LogP) is 0.708. The molecule has 4 bridgehead atoms. The molecule has 8 heteroatoms. The Morgan fingerprint density at radius 2 is 1.54 bits per heavy atom. The number of esters is 1. The summed E-state index contributed by atoms with van der Waals surface area (Å²) in [6, 6.07) is -0.671. The fourth-order valence-corrected chi connectivity index (χ4v) is 5.50. The number of amides is 4. The van der Waals surface area contributed by atoms with Gasteiger partial charge in [0.2, 0.25) is 5.91 Å². The molecule has 4 fully saturated rings. The van der Waals surface area contributed by atoms with Crippen LogP contribution in [0.15, 0.2) is 0 Å². The third-order valence-electron chi connectivity index (χ3n) is 5.97. The summed E-state index contributed by atoms with van der Waals surface area (Å²) in [6.07, 6.45) is 7.85. The van der Waals surface area contributed by atoms with Gasteiger partial charge in [0.05, 0.1) is 0 Å². The van der Waals surface area contributed by atoms with Crippen LogP contribution in [0, 0.1) is 23.2 Å². The Kier molecular flexibility index (Phi) is 5.48. The van der Waals surface area contributed by atoms with Crippen molar-refractivity contribution in [1.29, 1.82) is 0 Å². The number of carbonyl (C=O) groups is 4. The van der Waals surface area contributed by atoms with E-state index in [1.54, 1.807) is 0 Å². The molecule has 4 saturated carbocycles. The first-order valence-electron chi connectivity index (χ1n) is 9.31. The number of imide groups is 1. The first kappa shape index (κ1) is 18.7. The molecule has 4 amide bonds. The van der Waals surface area contributed by atoms with Gasteiger partial charge in [-0.3, -0.25) is 19.7 Å². The van der Waals surface area contributed by atoms with Gasteiger partial charge in [0.25, 0.3) is 5.91 Å². The molecule has 26 heavy (non-hydrogen) atoms. The average Bonchev–Trinajstić information content (AvgIpc) is 2.56. The summed E-state index contributed by atoms with van der Waals surface area (Å²) in [4.78, 5) is 46.2. The molecule has 144 valence electrons. The molecule has 0 unspecified atom stereocenters. The van der Waals surface area contributed by atoms with Crippen LogP contribution in [0.3, 0.4) is 0 Å². The van der Waals surface area contributed by atoms with Crippen molar-refractivity contribution < 1.29 is 23.9 Å². The van der Waals surface area contributed by atoms with Gasteiger partial charge in [0, 0.05) is 13.5 Å². The number of ether oxygens (including phenoxy) is 1. The number of rotatable bonds is 6. The molecule has 4 aliphatic carbocycles. The number of carbonyl (C=O) groups excluding carboxylic acids is 4. The zero-order valence-corrected chi connectivity index (χ0v) is 15.1. The fraction of sp³-hybridized carbons (Fsp3) is 0.778. The van der Waals surface area contributed by atoms with Crippen LogP contribution in [0.1, 0.15) is 44.9 Å². The Hall–Kier alpha value is -2.12. The van der Waals surface area contributed by atoms with Crippen LogP contribution in [0.25, 0.3) is 0 Å². The minimum atomic E-state index is -0.724. The second-order valence-electron chi connectivity index (χ2n) is 8.16. The number of hydrogen-bond donors (Lipinski definition) is 3. The summed E-state index contributed by atoms with van der Waals surface area (Å²) < 4.78 is 4.75. The lowest BCUT2D eigenvalue weighted by atomic mass is 9.49. The second-order valence-corrected chi connectivity index (χ2v) is 8.16. The van der Waals surface area contributed by atoms with Crippen molar-refractivity contribution in [2.24, 2.45) is 23.2 Å². The van der Waals surface area contributed by atoms with Gasteiger partial charge in [-0.25, -0.2) is 4.79 Å². The highest BCUT2D eigenvalue weighted by Crippen LogP contribution is 2.61. The highest BCUT2D eigenvalue weighted by atomic mass is 16.5. The third-order valence-corrected chi connectivity index (χ3v) is 5.97. The maximum Gasteiger partial charge on any atom is 0.325 e. The number of hydrogen-bond acceptors (Lipinski definition) is 5. The van der Waals surface area contributed by atoms with Gasteiger partial charge in [0.15, 0.2) is 6.61 Å². The highest BCUT2D eigenvalue weighted by molar-refractivity contribution is 5.95. The molecular weight excluding hydrogens is 338 g/mol. The highest BCUT2D eigenvalue weighted by Gasteiger charge is 2.51. The van der Waals surface area contributed by atoms with E-state index in [2.05, 4.69) is 10.6 Å². The minimum absolute atomic E-state index is 0.121. The van der Waals surface area contributed by atoms with Crippen molar-refractivity contribution in [3.63, 3.8) is 0 Å². The van der Waals surface area contributed by atoms with E-state index in [9.17, 15) is 19.2 Å². The lowest BCUT2D eigenvalue weighted by Gasteiger charge is -2.56. The lowest BCUT2D eigenvalue weighted by Crippen LogP contribution is -2.48. The first-order valence-corrected chi connectivity index (χ1v) is 9.31. The normalized spacial score (nSPS) is 31.2. The van der Waals surface area contributed by atoms with E-state index in [1.165, 1.54) is 26.3 Å². The zero-order chi connectivity index (χ0) is 18.7. The Balaban J connectivity index is 1.37. The molecule has 8 nitrogen and oxygen atoms in total. The Morgan fingerprint density at radius 1 is 0.962 bits per heavy atom. The molecule has 4 aliphatic rings. The van der Waals surface area contributed by atoms with E-state index >= 15 is 0 Å². The van der Waals surface area contributed by atoms with Crippen LogP contribution in [-0.4, -0.2) is 44.0 Å². The van der Waals surface area contributed by atoms with Crippen molar-refractivity contribution in [2.45, 2.75) is 44.9 Å². The largest absolute Gasteiger partial charge is 0.454 e. The van der Waals surface area contributed by atoms with Crippen molar-refractivity contribution in [2.75, 3.05) is 20.2 Å². The van der Waals surface area contributed by atoms with Gasteiger partial charge >= 0.3 is 12.0 Å². The Bertz CT molecular complexity index is 568. The van der Waals surface area contributed by atoms with Gasteiger partial charge in [-0.15, -0.1) is 0 Å². The van der Waals surface area contributed by atoms with Crippen LogP contribution in [0.5, 0.6) is 0 Å². The van der Waals surface area contributed by atoms with Gasteiger partial charge < -0.3 is 15.4 Å². The quantitative estimate of drug-likeness (QED) is 0.600. The molecular formula is C18H27N3O5. The molecule has 0 aromatic rings. The molecule has 3 N–H and O–H groups in total. The van der Waals surface area contributed by atoms with Gasteiger partial charge in [-0.2, -0.15) is 0 Å². The number of nitrogens with one attached hydrogen (secondary N) is 3. The van der Waals surface area contributed by atoms with Gasteiger partial charge in [-0.1, -0.05) is 0 Å². The standard InChI is InChI=1S/C18H27N3O5/c1-19-17(25)21-15(23)10-26-16(24)9-20-14(22)8-18-5-11-2-12(6-18)4-13(3-11)7-18/h11-13H,2-10H2,1H3,(H,20,22)(H2,19,21,23,25). The Morgan fingerprint density at radius 3 is 2.08 bits per heavy atom. The summed E-state index contributed by atoms with van der Waals surface area (Å²) in [5.74, 6) is 0.778. The van der Waals surface area contributed by atoms with Crippen LogP contribution in [0.4, 0.5) is 4.79 Å². The van der Waals surface area contributed by atoms with Crippen molar-refractivity contribution in [1.82, 2.24) is 16.0 Å². The maximum absolute atomic E-state index is 12.3. The molecule has 0 heterocycles. The first-order chi connectivity index (χ1) is 12.4. The topological polar surface area (TPSA) is 114 Å². The van der Waals surface area contributed by atoms with Crippen molar-refractivity contribution in [3.8, 4) is 0 Å². The maximum atomic E-state index is 12.3. The Labute approximate surface area is 152 Å². The van der Waals surface area contributed by atoms with E-state index in [0.29, 0.717) is 6.42 Å². The average molecular weight is 365 g/mol. The van der Waals surface area contributed by atoms with E-state index in [1.807, 2.05) is 5.32 Å². The summed E-state index contributed by atoms with van der Waals surface area (Å²) in [6.45, 7) is -0.824. The fourth-order valence-electron chi connectivity index (χ4n) is 5.50. The molecule has 0 radical (unpaired) electrons. The van der Waals surface area contributed by atoms with E-state index < -0.39 is 24.5 Å². The van der Waals surface area contributed by atoms with Crippen LogP contribution in [0.2, 0.25) is 0 Å². The molecule has 4 rings (SSSR count). The third kappa shape index (κ3) is 4.53. The van der Waals surface area contributed by atoms with Crippen molar-refractivity contribution >= 4 is 23.8 Å².